The number of carbonyl (C=O) groups is 1. The Labute approximate surface area is 142 Å². The van der Waals surface area contributed by atoms with E-state index in [4.69, 9.17) is 5.73 Å². The number of carbonyl (C=O) groups excluding carboxylic acids is 1. The highest BCUT2D eigenvalue weighted by molar-refractivity contribution is 7.09. The molecule has 2 N–H and O–H groups in total. The van der Waals surface area contributed by atoms with E-state index in [2.05, 4.69) is 4.98 Å². The van der Waals surface area contributed by atoms with Gasteiger partial charge in [0.25, 0.3) is 5.91 Å². The van der Waals surface area contributed by atoms with E-state index < -0.39 is 18.6 Å². The summed E-state index contributed by atoms with van der Waals surface area (Å²) in [5.41, 5.74) is 7.38. The zero-order valence-electron chi connectivity index (χ0n) is 13.1. The van der Waals surface area contributed by atoms with E-state index in [1.165, 1.54) is 5.38 Å². The first-order valence-electron chi connectivity index (χ1n) is 7.34. The second kappa shape index (κ2) is 7.76. The van der Waals surface area contributed by atoms with Crippen LogP contribution in [0.15, 0.2) is 29.6 Å². The lowest BCUT2D eigenvalue weighted by atomic mass is 10.1. The summed E-state index contributed by atoms with van der Waals surface area (Å²) in [7, 11) is 0. The number of nitrogens with zero attached hydrogens (tertiary/aromatic N) is 2. The van der Waals surface area contributed by atoms with Gasteiger partial charge < -0.3 is 10.6 Å². The SMILES string of the molecule is Cc1ccc(CCN(CC(F)(F)F)C(=O)c2csc(CN)n2)cc1. The van der Waals surface area contributed by atoms with Gasteiger partial charge in [0.1, 0.15) is 17.2 Å². The number of amides is 1. The van der Waals surface area contributed by atoms with Gasteiger partial charge in [0.05, 0.1) is 0 Å². The van der Waals surface area contributed by atoms with Crippen LogP contribution in [0.2, 0.25) is 0 Å². The molecule has 1 aromatic heterocycles. The van der Waals surface area contributed by atoms with Crippen LogP contribution in [0.5, 0.6) is 0 Å². The number of aromatic nitrogens is 1. The summed E-state index contributed by atoms with van der Waals surface area (Å²) in [5.74, 6) is -0.726. The lowest BCUT2D eigenvalue weighted by Crippen LogP contribution is -2.40. The van der Waals surface area contributed by atoms with Crippen LogP contribution in [0.4, 0.5) is 13.2 Å². The van der Waals surface area contributed by atoms with Gasteiger partial charge in [-0.25, -0.2) is 4.98 Å². The van der Waals surface area contributed by atoms with E-state index in [0.29, 0.717) is 11.4 Å². The van der Waals surface area contributed by atoms with Crippen LogP contribution < -0.4 is 5.73 Å². The molecule has 4 nitrogen and oxygen atoms in total. The molecule has 24 heavy (non-hydrogen) atoms. The summed E-state index contributed by atoms with van der Waals surface area (Å²) in [6.07, 6.45) is -4.12. The van der Waals surface area contributed by atoms with Crippen molar-refractivity contribution in [3.05, 3.63) is 51.5 Å². The van der Waals surface area contributed by atoms with Gasteiger partial charge in [-0.1, -0.05) is 29.8 Å². The molecule has 0 unspecified atom stereocenters. The predicted molar refractivity (Wildman–Crippen MR) is 86.8 cm³/mol. The molecule has 130 valence electrons. The smallest absolute Gasteiger partial charge is 0.328 e. The molecule has 0 atom stereocenters. The molecule has 2 rings (SSSR count). The first kappa shape index (κ1) is 18.4. The van der Waals surface area contributed by atoms with E-state index in [1.807, 2.05) is 31.2 Å². The third kappa shape index (κ3) is 5.31. The molecular weight excluding hydrogens is 339 g/mol. The van der Waals surface area contributed by atoms with Crippen molar-refractivity contribution in [3.8, 4) is 0 Å². The highest BCUT2D eigenvalue weighted by Crippen LogP contribution is 2.19. The van der Waals surface area contributed by atoms with Crippen LogP contribution in [0.1, 0.15) is 26.6 Å². The van der Waals surface area contributed by atoms with E-state index in [-0.39, 0.29) is 18.8 Å². The Kier molecular flexibility index (Phi) is 5.95. The Morgan fingerprint density at radius 2 is 1.96 bits per heavy atom. The fourth-order valence-corrected chi connectivity index (χ4v) is 2.80. The number of benzene rings is 1. The first-order chi connectivity index (χ1) is 11.3. The molecule has 0 saturated heterocycles. The number of halogens is 3. The van der Waals surface area contributed by atoms with E-state index in [1.54, 1.807) is 0 Å². The third-order valence-electron chi connectivity index (χ3n) is 3.39. The third-order valence-corrected chi connectivity index (χ3v) is 4.26. The zero-order chi connectivity index (χ0) is 17.7. The maximum atomic E-state index is 12.8. The molecule has 0 aliphatic heterocycles. The highest BCUT2D eigenvalue weighted by atomic mass is 32.1. The fraction of sp³-hybridized carbons (Fsp3) is 0.375. The molecule has 0 fully saturated rings. The number of aryl methyl sites for hydroxylation is 1. The molecular formula is C16H18F3N3OS. The standard InChI is InChI=1S/C16H18F3N3OS/c1-11-2-4-12(5-3-11)6-7-22(10-16(17,18)19)15(23)13-9-24-14(8-20)21-13/h2-5,9H,6-8,10,20H2,1H3. The number of rotatable bonds is 6. The summed E-state index contributed by atoms with van der Waals surface area (Å²) in [6.45, 7) is 0.755. The topological polar surface area (TPSA) is 59.2 Å². The average molecular weight is 357 g/mol. The van der Waals surface area contributed by atoms with Crippen molar-refractivity contribution in [1.29, 1.82) is 0 Å². The van der Waals surface area contributed by atoms with Gasteiger partial charge in [-0.3, -0.25) is 4.79 Å². The maximum Gasteiger partial charge on any atom is 0.406 e. The minimum Gasteiger partial charge on any atom is -0.328 e. The van der Waals surface area contributed by atoms with Crippen molar-refractivity contribution < 1.29 is 18.0 Å². The van der Waals surface area contributed by atoms with Gasteiger partial charge in [-0.05, 0) is 18.9 Å². The van der Waals surface area contributed by atoms with Crippen molar-refractivity contribution in [2.75, 3.05) is 13.1 Å². The van der Waals surface area contributed by atoms with Gasteiger partial charge in [0.15, 0.2) is 0 Å². The van der Waals surface area contributed by atoms with Gasteiger partial charge in [-0.2, -0.15) is 13.2 Å². The van der Waals surface area contributed by atoms with Gasteiger partial charge >= 0.3 is 6.18 Å². The summed E-state index contributed by atoms with van der Waals surface area (Å²) in [6, 6.07) is 7.47. The van der Waals surface area contributed by atoms with Gasteiger partial charge in [0.2, 0.25) is 0 Å². The summed E-state index contributed by atoms with van der Waals surface area (Å²) < 4.78 is 38.4. The van der Waals surface area contributed by atoms with Crippen molar-refractivity contribution >= 4 is 17.2 Å². The Morgan fingerprint density at radius 1 is 1.29 bits per heavy atom. The molecule has 0 spiro atoms. The zero-order valence-corrected chi connectivity index (χ0v) is 14.0. The van der Waals surface area contributed by atoms with Crippen molar-refractivity contribution in [1.82, 2.24) is 9.88 Å². The Hall–Kier alpha value is -1.93. The summed E-state index contributed by atoms with van der Waals surface area (Å²) >= 11 is 1.16. The minimum atomic E-state index is -4.46. The largest absolute Gasteiger partial charge is 0.406 e. The normalized spacial score (nSPS) is 11.5. The molecule has 2 aromatic rings. The Morgan fingerprint density at radius 3 is 2.50 bits per heavy atom. The van der Waals surface area contributed by atoms with Crippen LogP contribution in [0.3, 0.4) is 0 Å². The van der Waals surface area contributed by atoms with Crippen LogP contribution in [-0.4, -0.2) is 35.1 Å². The molecule has 0 aliphatic rings. The number of hydrogen-bond acceptors (Lipinski definition) is 4. The number of nitrogens with two attached hydrogens (primary N) is 1. The molecule has 0 aliphatic carbocycles. The molecule has 0 bridgehead atoms. The molecule has 1 aromatic carbocycles. The van der Waals surface area contributed by atoms with E-state index in [0.717, 1.165) is 27.4 Å². The summed E-state index contributed by atoms with van der Waals surface area (Å²) in [5, 5.41) is 1.96. The number of alkyl halides is 3. The van der Waals surface area contributed by atoms with Crippen LogP contribution in [-0.2, 0) is 13.0 Å². The lowest BCUT2D eigenvalue weighted by Gasteiger charge is -2.23. The number of thiazole rings is 1. The molecule has 0 radical (unpaired) electrons. The van der Waals surface area contributed by atoms with Crippen molar-refractivity contribution in [2.45, 2.75) is 26.1 Å². The van der Waals surface area contributed by atoms with E-state index in [9.17, 15) is 18.0 Å². The van der Waals surface area contributed by atoms with Gasteiger partial charge in [0, 0.05) is 18.5 Å². The molecule has 0 saturated carbocycles. The quantitative estimate of drug-likeness (QED) is 0.864. The fourth-order valence-electron chi connectivity index (χ4n) is 2.15. The molecule has 1 heterocycles. The second-order valence-electron chi connectivity index (χ2n) is 5.41. The molecule has 1 amide bonds. The first-order valence-corrected chi connectivity index (χ1v) is 8.22. The van der Waals surface area contributed by atoms with E-state index >= 15 is 0 Å². The maximum absolute atomic E-state index is 12.8. The predicted octanol–water partition coefficient (Wildman–Crippen LogP) is 3.16. The Balaban J connectivity index is 2.11. The number of hydrogen-bond donors (Lipinski definition) is 1. The van der Waals surface area contributed by atoms with Crippen LogP contribution in [0.25, 0.3) is 0 Å². The van der Waals surface area contributed by atoms with Crippen molar-refractivity contribution in [3.63, 3.8) is 0 Å². The highest BCUT2D eigenvalue weighted by Gasteiger charge is 2.33. The van der Waals surface area contributed by atoms with Crippen LogP contribution >= 0.6 is 11.3 Å². The minimum absolute atomic E-state index is 0.00797. The monoisotopic (exact) mass is 357 g/mol. The molecule has 8 heteroatoms. The van der Waals surface area contributed by atoms with Crippen molar-refractivity contribution in [2.24, 2.45) is 5.73 Å². The van der Waals surface area contributed by atoms with Gasteiger partial charge in [-0.15, -0.1) is 11.3 Å². The average Bonchev–Trinajstić information content (AvgIpc) is 3.00. The lowest BCUT2D eigenvalue weighted by molar-refractivity contribution is -0.140. The second-order valence-corrected chi connectivity index (χ2v) is 6.35. The summed E-state index contributed by atoms with van der Waals surface area (Å²) in [4.78, 5) is 17.1. The Bertz CT molecular complexity index is 683. The van der Waals surface area contributed by atoms with Crippen LogP contribution in [0, 0.1) is 6.92 Å².